The lowest BCUT2D eigenvalue weighted by Gasteiger charge is -2.22. The van der Waals surface area contributed by atoms with Crippen LogP contribution in [0.25, 0.3) is 12.2 Å². The molecule has 1 fully saturated rings. The van der Waals surface area contributed by atoms with Gasteiger partial charge in [0.2, 0.25) is 12.7 Å². The van der Waals surface area contributed by atoms with Crippen LogP contribution in [-0.4, -0.2) is 36.6 Å². The van der Waals surface area contributed by atoms with Gasteiger partial charge in [-0.15, -0.1) is 0 Å². The zero-order chi connectivity index (χ0) is 20.8. The van der Waals surface area contributed by atoms with E-state index in [-0.39, 0.29) is 18.4 Å². The van der Waals surface area contributed by atoms with E-state index in [9.17, 15) is 9.59 Å². The molecule has 1 N–H and O–H groups in total. The molecular formula is C23H24N2O5. The number of nitrogens with zero attached hydrogens (tertiary/aromatic N) is 1. The second-order valence-corrected chi connectivity index (χ2v) is 7.22. The SMILES string of the molecule is O=C(/C=C/c1ccco1)N/C(=C\c1ccc2c(c1)OCO2)C(=O)N1CCCCCC1. The number of carbonyl (C=O) groups is 2. The minimum atomic E-state index is -0.401. The molecule has 156 valence electrons. The number of nitrogens with one attached hydrogen (secondary N) is 1. The van der Waals surface area contributed by atoms with E-state index >= 15 is 0 Å². The highest BCUT2D eigenvalue weighted by Gasteiger charge is 2.21. The van der Waals surface area contributed by atoms with Gasteiger partial charge in [0.25, 0.3) is 5.91 Å². The fraction of sp³-hybridized carbons (Fsp3) is 0.304. The van der Waals surface area contributed by atoms with Gasteiger partial charge in [0.05, 0.1) is 6.26 Å². The highest BCUT2D eigenvalue weighted by atomic mass is 16.7. The summed E-state index contributed by atoms with van der Waals surface area (Å²) in [5.74, 6) is 1.26. The van der Waals surface area contributed by atoms with E-state index in [0.717, 1.165) is 31.2 Å². The van der Waals surface area contributed by atoms with Gasteiger partial charge in [-0.2, -0.15) is 0 Å². The molecule has 1 aromatic heterocycles. The summed E-state index contributed by atoms with van der Waals surface area (Å²) in [4.78, 5) is 27.5. The molecule has 0 aliphatic carbocycles. The predicted octanol–water partition coefficient (Wildman–Crippen LogP) is 3.58. The number of benzene rings is 1. The van der Waals surface area contributed by atoms with Gasteiger partial charge < -0.3 is 24.1 Å². The van der Waals surface area contributed by atoms with Crippen molar-refractivity contribution in [1.29, 1.82) is 0 Å². The van der Waals surface area contributed by atoms with Crippen LogP contribution in [0.15, 0.2) is 52.8 Å². The van der Waals surface area contributed by atoms with Crippen molar-refractivity contribution in [3.05, 3.63) is 59.7 Å². The maximum atomic E-state index is 13.2. The number of likely N-dealkylation sites (tertiary alicyclic amines) is 1. The van der Waals surface area contributed by atoms with E-state index < -0.39 is 5.91 Å². The Balaban J connectivity index is 1.56. The van der Waals surface area contributed by atoms with Crippen molar-refractivity contribution in [2.75, 3.05) is 19.9 Å². The first-order valence-electron chi connectivity index (χ1n) is 10.1. The number of furan rings is 1. The van der Waals surface area contributed by atoms with E-state index in [2.05, 4.69) is 5.32 Å². The van der Waals surface area contributed by atoms with Crippen LogP contribution in [0, 0.1) is 0 Å². The van der Waals surface area contributed by atoms with E-state index in [0.29, 0.717) is 30.3 Å². The average molecular weight is 408 g/mol. The molecule has 2 amide bonds. The van der Waals surface area contributed by atoms with Gasteiger partial charge in [0, 0.05) is 19.2 Å². The second kappa shape index (κ2) is 9.35. The molecule has 1 aromatic carbocycles. The molecule has 2 aliphatic rings. The summed E-state index contributed by atoms with van der Waals surface area (Å²) in [6.45, 7) is 1.56. The third kappa shape index (κ3) is 4.92. The first-order chi connectivity index (χ1) is 14.7. The lowest BCUT2D eigenvalue weighted by molar-refractivity contribution is -0.128. The van der Waals surface area contributed by atoms with Crippen molar-refractivity contribution in [2.45, 2.75) is 25.7 Å². The summed E-state index contributed by atoms with van der Waals surface area (Å²) >= 11 is 0. The van der Waals surface area contributed by atoms with Gasteiger partial charge in [-0.3, -0.25) is 9.59 Å². The number of rotatable bonds is 5. The Kier molecular flexibility index (Phi) is 6.17. The van der Waals surface area contributed by atoms with Crippen LogP contribution >= 0.6 is 0 Å². The molecule has 0 bridgehead atoms. The molecule has 4 rings (SSSR count). The van der Waals surface area contributed by atoms with Crippen molar-refractivity contribution in [1.82, 2.24) is 10.2 Å². The Morgan fingerprint density at radius 2 is 1.80 bits per heavy atom. The minimum Gasteiger partial charge on any atom is -0.465 e. The third-order valence-corrected chi connectivity index (χ3v) is 5.03. The van der Waals surface area contributed by atoms with Gasteiger partial charge in [-0.25, -0.2) is 0 Å². The zero-order valence-electron chi connectivity index (χ0n) is 16.6. The molecular weight excluding hydrogens is 384 g/mol. The summed E-state index contributed by atoms with van der Waals surface area (Å²) in [7, 11) is 0. The molecule has 0 spiro atoms. The van der Waals surface area contributed by atoms with Gasteiger partial charge >= 0.3 is 0 Å². The van der Waals surface area contributed by atoms with Gasteiger partial charge in [-0.05, 0) is 54.8 Å². The molecule has 7 nitrogen and oxygen atoms in total. The highest BCUT2D eigenvalue weighted by Crippen LogP contribution is 2.33. The molecule has 0 atom stereocenters. The zero-order valence-corrected chi connectivity index (χ0v) is 16.6. The predicted molar refractivity (Wildman–Crippen MR) is 111 cm³/mol. The minimum absolute atomic E-state index is 0.177. The molecule has 2 aromatic rings. The Labute approximate surface area is 174 Å². The molecule has 30 heavy (non-hydrogen) atoms. The lowest BCUT2D eigenvalue weighted by atomic mass is 10.1. The van der Waals surface area contributed by atoms with Crippen molar-refractivity contribution >= 4 is 24.0 Å². The Morgan fingerprint density at radius 1 is 1.00 bits per heavy atom. The van der Waals surface area contributed by atoms with Gasteiger partial charge in [-0.1, -0.05) is 18.9 Å². The van der Waals surface area contributed by atoms with Crippen LogP contribution in [0.1, 0.15) is 37.0 Å². The van der Waals surface area contributed by atoms with Crippen LogP contribution < -0.4 is 14.8 Å². The topological polar surface area (TPSA) is 81.0 Å². The number of ether oxygens (including phenoxy) is 2. The maximum Gasteiger partial charge on any atom is 0.270 e. The third-order valence-electron chi connectivity index (χ3n) is 5.03. The first-order valence-corrected chi connectivity index (χ1v) is 10.1. The summed E-state index contributed by atoms with van der Waals surface area (Å²) in [6.07, 6.45) is 10.3. The fourth-order valence-electron chi connectivity index (χ4n) is 3.48. The smallest absolute Gasteiger partial charge is 0.270 e. The highest BCUT2D eigenvalue weighted by molar-refractivity contribution is 6.04. The molecule has 2 aliphatic heterocycles. The number of amides is 2. The maximum absolute atomic E-state index is 13.2. The van der Waals surface area contributed by atoms with Crippen LogP contribution in [0.4, 0.5) is 0 Å². The molecule has 1 saturated heterocycles. The van der Waals surface area contributed by atoms with E-state index in [4.69, 9.17) is 13.9 Å². The molecule has 3 heterocycles. The Bertz CT molecular complexity index is 954. The molecule has 0 radical (unpaired) electrons. The number of fused-ring (bicyclic) bond motifs is 1. The molecule has 0 unspecified atom stereocenters. The fourth-order valence-corrected chi connectivity index (χ4v) is 3.48. The Morgan fingerprint density at radius 3 is 2.57 bits per heavy atom. The van der Waals surface area contributed by atoms with Gasteiger partial charge in [0.1, 0.15) is 11.5 Å². The quantitative estimate of drug-likeness (QED) is 0.765. The summed E-state index contributed by atoms with van der Waals surface area (Å²) in [5, 5.41) is 2.74. The number of carbonyl (C=O) groups excluding carboxylic acids is 2. The largest absolute Gasteiger partial charge is 0.465 e. The van der Waals surface area contributed by atoms with E-state index in [1.165, 1.54) is 12.3 Å². The van der Waals surface area contributed by atoms with E-state index in [1.807, 2.05) is 11.0 Å². The van der Waals surface area contributed by atoms with Crippen LogP contribution in [0.2, 0.25) is 0 Å². The molecule has 7 heteroatoms. The van der Waals surface area contributed by atoms with Gasteiger partial charge in [0.15, 0.2) is 11.5 Å². The monoisotopic (exact) mass is 408 g/mol. The molecule has 0 saturated carbocycles. The number of hydrogen-bond donors (Lipinski definition) is 1. The second-order valence-electron chi connectivity index (χ2n) is 7.22. The number of hydrogen-bond acceptors (Lipinski definition) is 5. The van der Waals surface area contributed by atoms with Crippen molar-refractivity contribution < 1.29 is 23.5 Å². The summed E-state index contributed by atoms with van der Waals surface area (Å²) in [6, 6.07) is 8.90. The van der Waals surface area contributed by atoms with Crippen LogP contribution in [-0.2, 0) is 9.59 Å². The standard InChI is InChI=1S/C23H24N2O5/c26-22(10-8-18-6-5-13-28-18)24-19(23(27)25-11-3-1-2-4-12-25)14-17-7-9-20-21(15-17)30-16-29-20/h5-10,13-15H,1-4,11-12,16H2,(H,24,26)/b10-8+,19-14-. The average Bonchev–Trinajstić information content (AvgIpc) is 3.37. The normalized spacial score (nSPS) is 16.5. The lowest BCUT2D eigenvalue weighted by Crippen LogP contribution is -2.38. The van der Waals surface area contributed by atoms with E-state index in [1.54, 1.807) is 36.4 Å². The van der Waals surface area contributed by atoms with Crippen LogP contribution in [0.5, 0.6) is 11.5 Å². The van der Waals surface area contributed by atoms with Crippen LogP contribution in [0.3, 0.4) is 0 Å². The van der Waals surface area contributed by atoms with Crippen molar-refractivity contribution in [3.63, 3.8) is 0 Å². The Hall–Kier alpha value is -3.48. The van der Waals surface area contributed by atoms with Crippen molar-refractivity contribution in [2.24, 2.45) is 0 Å². The summed E-state index contributed by atoms with van der Waals surface area (Å²) in [5.41, 5.74) is 0.970. The summed E-state index contributed by atoms with van der Waals surface area (Å²) < 4.78 is 16.0. The van der Waals surface area contributed by atoms with Crippen molar-refractivity contribution in [3.8, 4) is 11.5 Å². The first kappa shape index (κ1) is 19.8.